The number of ether oxygens (including phenoxy) is 1. The van der Waals surface area contributed by atoms with Crippen molar-refractivity contribution in [1.82, 2.24) is 15.5 Å². The van der Waals surface area contributed by atoms with Crippen LogP contribution < -0.4 is 10.6 Å². The minimum atomic E-state index is -0.0324. The third kappa shape index (κ3) is 5.77. The van der Waals surface area contributed by atoms with Gasteiger partial charge in [-0.05, 0) is 39.0 Å². The standard InChI is InChI=1S/C15H31N3O2/c1-4-8-16-14-12-20-11-13(14)15(19)17-9-7-10-18(5-2)6-3/h13-14,16H,4-12H2,1-3H3,(H,17,19). The summed E-state index contributed by atoms with van der Waals surface area (Å²) < 4.78 is 5.44. The maximum atomic E-state index is 12.2. The van der Waals surface area contributed by atoms with E-state index >= 15 is 0 Å². The molecule has 5 heteroatoms. The molecule has 0 aromatic heterocycles. The molecule has 118 valence electrons. The van der Waals surface area contributed by atoms with Crippen LogP contribution in [0.3, 0.4) is 0 Å². The number of rotatable bonds is 10. The van der Waals surface area contributed by atoms with E-state index in [1.807, 2.05) is 0 Å². The van der Waals surface area contributed by atoms with E-state index in [4.69, 9.17) is 4.74 Å². The van der Waals surface area contributed by atoms with Gasteiger partial charge in [0.25, 0.3) is 0 Å². The first kappa shape index (κ1) is 17.4. The molecule has 0 aliphatic carbocycles. The van der Waals surface area contributed by atoms with Crippen LogP contribution in [-0.2, 0) is 9.53 Å². The summed E-state index contributed by atoms with van der Waals surface area (Å²) in [7, 11) is 0. The van der Waals surface area contributed by atoms with Crippen molar-refractivity contribution in [2.75, 3.05) is 45.9 Å². The second-order valence-corrected chi connectivity index (χ2v) is 5.38. The predicted octanol–water partition coefficient (Wildman–Crippen LogP) is 0.849. The molecule has 1 heterocycles. The Bertz CT molecular complexity index is 270. The van der Waals surface area contributed by atoms with Crippen LogP contribution in [0, 0.1) is 5.92 Å². The molecule has 0 bridgehead atoms. The summed E-state index contributed by atoms with van der Waals surface area (Å²) >= 11 is 0. The molecule has 2 N–H and O–H groups in total. The zero-order valence-electron chi connectivity index (χ0n) is 13.3. The monoisotopic (exact) mass is 285 g/mol. The fraction of sp³-hybridized carbons (Fsp3) is 0.933. The molecule has 0 spiro atoms. The van der Waals surface area contributed by atoms with Gasteiger partial charge in [-0.2, -0.15) is 0 Å². The van der Waals surface area contributed by atoms with E-state index < -0.39 is 0 Å². The van der Waals surface area contributed by atoms with Gasteiger partial charge >= 0.3 is 0 Å². The fourth-order valence-corrected chi connectivity index (χ4v) is 2.53. The number of nitrogens with one attached hydrogen (secondary N) is 2. The molecule has 1 fully saturated rings. The number of hydrogen-bond acceptors (Lipinski definition) is 4. The summed E-state index contributed by atoms with van der Waals surface area (Å²) in [5, 5.41) is 6.44. The topological polar surface area (TPSA) is 53.6 Å². The van der Waals surface area contributed by atoms with Crippen molar-refractivity contribution in [2.24, 2.45) is 5.92 Å². The van der Waals surface area contributed by atoms with Crippen molar-refractivity contribution < 1.29 is 9.53 Å². The summed E-state index contributed by atoms with van der Waals surface area (Å²) in [6, 6.07) is 0.178. The van der Waals surface area contributed by atoms with Gasteiger partial charge in [0.1, 0.15) is 0 Å². The van der Waals surface area contributed by atoms with Crippen LogP contribution in [-0.4, -0.2) is 62.8 Å². The van der Waals surface area contributed by atoms with E-state index in [2.05, 4.69) is 36.3 Å². The van der Waals surface area contributed by atoms with Crippen molar-refractivity contribution in [2.45, 2.75) is 39.7 Å². The molecular formula is C15H31N3O2. The fourth-order valence-electron chi connectivity index (χ4n) is 2.53. The third-order valence-electron chi connectivity index (χ3n) is 3.92. The zero-order chi connectivity index (χ0) is 14.8. The predicted molar refractivity (Wildman–Crippen MR) is 81.8 cm³/mol. The van der Waals surface area contributed by atoms with Crippen molar-refractivity contribution >= 4 is 5.91 Å². The Hall–Kier alpha value is -0.650. The van der Waals surface area contributed by atoms with Gasteiger partial charge in [-0.15, -0.1) is 0 Å². The number of amides is 1. The first-order chi connectivity index (χ1) is 9.72. The van der Waals surface area contributed by atoms with Crippen molar-refractivity contribution in [3.05, 3.63) is 0 Å². The lowest BCUT2D eigenvalue weighted by Gasteiger charge is -2.20. The minimum Gasteiger partial charge on any atom is -0.379 e. The molecule has 1 rings (SSSR count). The van der Waals surface area contributed by atoms with E-state index in [0.717, 1.165) is 45.6 Å². The Kier molecular flexibility index (Phi) is 8.82. The molecule has 2 unspecified atom stereocenters. The SMILES string of the molecule is CCCNC1COCC1C(=O)NCCCN(CC)CC. The summed E-state index contributed by atoms with van der Waals surface area (Å²) in [5.74, 6) is 0.102. The molecule has 1 amide bonds. The molecule has 1 aliphatic heterocycles. The molecule has 0 aromatic rings. The lowest BCUT2D eigenvalue weighted by Crippen LogP contribution is -2.44. The molecule has 0 saturated carbocycles. The average molecular weight is 285 g/mol. The van der Waals surface area contributed by atoms with E-state index in [9.17, 15) is 4.79 Å². The smallest absolute Gasteiger partial charge is 0.227 e. The van der Waals surface area contributed by atoms with Gasteiger partial charge in [0.05, 0.1) is 19.1 Å². The minimum absolute atomic E-state index is 0.0324. The first-order valence-corrected chi connectivity index (χ1v) is 8.04. The van der Waals surface area contributed by atoms with E-state index in [1.54, 1.807) is 0 Å². The summed E-state index contributed by atoms with van der Waals surface area (Å²) in [4.78, 5) is 14.5. The van der Waals surface area contributed by atoms with Crippen LogP contribution in [0.1, 0.15) is 33.6 Å². The molecule has 1 saturated heterocycles. The highest BCUT2D eigenvalue weighted by Crippen LogP contribution is 2.13. The van der Waals surface area contributed by atoms with Crippen LogP contribution in [0.2, 0.25) is 0 Å². The Balaban J connectivity index is 2.21. The Labute approximate surface area is 123 Å². The van der Waals surface area contributed by atoms with Gasteiger partial charge in [0.2, 0.25) is 5.91 Å². The van der Waals surface area contributed by atoms with Gasteiger partial charge in [-0.3, -0.25) is 4.79 Å². The Morgan fingerprint density at radius 3 is 2.60 bits per heavy atom. The van der Waals surface area contributed by atoms with Gasteiger partial charge in [-0.1, -0.05) is 20.8 Å². The molecule has 2 atom stereocenters. The molecular weight excluding hydrogens is 254 g/mol. The van der Waals surface area contributed by atoms with Gasteiger partial charge in [0, 0.05) is 12.6 Å². The van der Waals surface area contributed by atoms with E-state index in [1.165, 1.54) is 0 Å². The second kappa shape index (κ2) is 10.1. The number of hydrogen-bond donors (Lipinski definition) is 2. The number of carbonyl (C=O) groups is 1. The van der Waals surface area contributed by atoms with Crippen LogP contribution in [0.25, 0.3) is 0 Å². The summed E-state index contributed by atoms with van der Waals surface area (Å²) in [6.45, 7) is 12.6. The number of nitrogens with zero attached hydrogens (tertiary/aromatic N) is 1. The van der Waals surface area contributed by atoms with Crippen LogP contribution in [0.5, 0.6) is 0 Å². The van der Waals surface area contributed by atoms with Gasteiger partial charge in [0.15, 0.2) is 0 Å². The van der Waals surface area contributed by atoms with Gasteiger partial charge in [-0.25, -0.2) is 0 Å². The quantitative estimate of drug-likeness (QED) is 0.584. The molecule has 1 aliphatic rings. The normalized spacial score (nSPS) is 22.4. The van der Waals surface area contributed by atoms with Crippen molar-refractivity contribution in [3.8, 4) is 0 Å². The lowest BCUT2D eigenvalue weighted by atomic mass is 10.0. The largest absolute Gasteiger partial charge is 0.379 e. The highest BCUT2D eigenvalue weighted by Gasteiger charge is 2.33. The van der Waals surface area contributed by atoms with Crippen LogP contribution >= 0.6 is 0 Å². The van der Waals surface area contributed by atoms with Crippen molar-refractivity contribution in [3.63, 3.8) is 0 Å². The van der Waals surface area contributed by atoms with Crippen LogP contribution in [0.4, 0.5) is 0 Å². The van der Waals surface area contributed by atoms with E-state index in [0.29, 0.717) is 13.2 Å². The average Bonchev–Trinajstić information content (AvgIpc) is 2.93. The zero-order valence-corrected chi connectivity index (χ0v) is 13.3. The van der Waals surface area contributed by atoms with E-state index in [-0.39, 0.29) is 17.9 Å². The Morgan fingerprint density at radius 1 is 1.20 bits per heavy atom. The van der Waals surface area contributed by atoms with Crippen molar-refractivity contribution in [1.29, 1.82) is 0 Å². The maximum Gasteiger partial charge on any atom is 0.227 e. The third-order valence-corrected chi connectivity index (χ3v) is 3.92. The first-order valence-electron chi connectivity index (χ1n) is 8.04. The molecule has 20 heavy (non-hydrogen) atoms. The van der Waals surface area contributed by atoms with Crippen LogP contribution in [0.15, 0.2) is 0 Å². The lowest BCUT2D eigenvalue weighted by molar-refractivity contribution is -0.125. The molecule has 5 nitrogen and oxygen atoms in total. The van der Waals surface area contributed by atoms with Gasteiger partial charge < -0.3 is 20.3 Å². The Morgan fingerprint density at radius 2 is 1.95 bits per heavy atom. The summed E-state index contributed by atoms with van der Waals surface area (Å²) in [6.07, 6.45) is 2.09. The number of carbonyl (C=O) groups excluding carboxylic acids is 1. The maximum absolute atomic E-state index is 12.2. The second-order valence-electron chi connectivity index (χ2n) is 5.38. The summed E-state index contributed by atoms with van der Waals surface area (Å²) in [5.41, 5.74) is 0. The highest BCUT2D eigenvalue weighted by molar-refractivity contribution is 5.79. The molecule has 0 radical (unpaired) electrons. The molecule has 0 aromatic carbocycles. The highest BCUT2D eigenvalue weighted by atomic mass is 16.5.